The number of ketones is 1. The molecule has 0 atom stereocenters. The third-order valence-corrected chi connectivity index (χ3v) is 3.12. The second-order valence-electron chi connectivity index (χ2n) is 4.57. The van der Waals surface area contributed by atoms with Gasteiger partial charge in [-0.1, -0.05) is 24.1 Å². The number of aryl methyl sites for hydroxylation is 2. The van der Waals surface area contributed by atoms with Gasteiger partial charge < -0.3 is 4.74 Å². The Bertz CT molecular complexity index is 665. The van der Waals surface area contributed by atoms with Crippen molar-refractivity contribution in [2.45, 2.75) is 13.8 Å². The molecule has 0 N–H and O–H groups in total. The van der Waals surface area contributed by atoms with Gasteiger partial charge in [0.15, 0.2) is 0 Å². The Morgan fingerprint density at radius 3 is 2.15 bits per heavy atom. The summed E-state index contributed by atoms with van der Waals surface area (Å²) in [5.74, 6) is 6.23. The number of methoxy groups -OCH3 is 1. The molecule has 0 radical (unpaired) electrons. The van der Waals surface area contributed by atoms with Gasteiger partial charge in [-0.15, -0.1) is 0 Å². The summed E-state index contributed by atoms with van der Waals surface area (Å²) >= 11 is 0. The van der Waals surface area contributed by atoms with Gasteiger partial charge in [0.1, 0.15) is 5.75 Å². The summed E-state index contributed by atoms with van der Waals surface area (Å²) in [6.07, 6.45) is 0. The number of Topliss-reactive ketones (excluding diaryl/α,β-unsaturated/α-hetero) is 1. The molecule has 0 heterocycles. The molecule has 2 nitrogen and oxygen atoms in total. The van der Waals surface area contributed by atoms with Crippen LogP contribution in [0.3, 0.4) is 0 Å². The van der Waals surface area contributed by atoms with Crippen LogP contribution in [0, 0.1) is 25.7 Å². The van der Waals surface area contributed by atoms with Crippen LogP contribution >= 0.6 is 0 Å². The predicted octanol–water partition coefficient (Wildman–Crippen LogP) is 3.55. The maximum absolute atomic E-state index is 12.2. The molecule has 0 saturated carbocycles. The molecule has 100 valence electrons. The van der Waals surface area contributed by atoms with E-state index in [-0.39, 0.29) is 5.78 Å². The summed E-state index contributed by atoms with van der Waals surface area (Å²) in [7, 11) is 1.62. The highest BCUT2D eigenvalue weighted by atomic mass is 16.5. The van der Waals surface area contributed by atoms with E-state index in [0.717, 1.165) is 22.4 Å². The first-order chi connectivity index (χ1) is 9.61. The predicted molar refractivity (Wildman–Crippen MR) is 80.1 cm³/mol. The molecule has 0 fully saturated rings. The van der Waals surface area contributed by atoms with Crippen LogP contribution in [0.4, 0.5) is 0 Å². The molecule has 20 heavy (non-hydrogen) atoms. The number of hydrogen-bond acceptors (Lipinski definition) is 2. The quantitative estimate of drug-likeness (QED) is 0.612. The fourth-order valence-corrected chi connectivity index (χ4v) is 2.04. The van der Waals surface area contributed by atoms with Gasteiger partial charge >= 0.3 is 0 Å². The van der Waals surface area contributed by atoms with Crippen molar-refractivity contribution in [3.8, 4) is 17.6 Å². The summed E-state index contributed by atoms with van der Waals surface area (Å²) in [6.45, 7) is 3.85. The van der Waals surface area contributed by atoms with E-state index in [4.69, 9.17) is 4.74 Å². The molecule has 0 amide bonds. The van der Waals surface area contributed by atoms with E-state index in [1.165, 1.54) is 0 Å². The highest BCUT2D eigenvalue weighted by Gasteiger charge is 2.08. The number of hydrogen-bond donors (Lipinski definition) is 0. The summed E-state index contributed by atoms with van der Waals surface area (Å²) in [4.78, 5) is 12.2. The van der Waals surface area contributed by atoms with Crippen LogP contribution in [0.5, 0.6) is 5.75 Å². The third kappa shape index (κ3) is 3.07. The first-order valence-corrected chi connectivity index (χ1v) is 6.38. The van der Waals surface area contributed by atoms with Crippen molar-refractivity contribution in [3.05, 3.63) is 64.7 Å². The van der Waals surface area contributed by atoms with Gasteiger partial charge in [-0.2, -0.15) is 0 Å². The monoisotopic (exact) mass is 264 g/mol. The van der Waals surface area contributed by atoms with E-state index in [2.05, 4.69) is 11.8 Å². The minimum absolute atomic E-state index is 0.142. The first kappa shape index (κ1) is 13.9. The van der Waals surface area contributed by atoms with Gasteiger partial charge in [0.2, 0.25) is 5.78 Å². The molecule has 0 aliphatic heterocycles. The third-order valence-electron chi connectivity index (χ3n) is 3.12. The van der Waals surface area contributed by atoms with Crippen molar-refractivity contribution in [2.75, 3.05) is 7.11 Å². The Morgan fingerprint density at radius 1 is 1.00 bits per heavy atom. The van der Waals surface area contributed by atoms with Crippen LogP contribution in [0.1, 0.15) is 27.0 Å². The zero-order valence-electron chi connectivity index (χ0n) is 11.9. The van der Waals surface area contributed by atoms with Gasteiger partial charge in [0.25, 0.3) is 0 Å². The normalized spacial score (nSPS) is 9.55. The molecule has 2 aromatic carbocycles. The minimum atomic E-state index is -0.142. The maximum Gasteiger partial charge on any atom is 0.236 e. The topological polar surface area (TPSA) is 26.3 Å². The SMILES string of the molecule is COc1ccc(C#CC(=O)c2c(C)cccc2C)cc1. The van der Waals surface area contributed by atoms with Crippen molar-refractivity contribution in [2.24, 2.45) is 0 Å². The lowest BCUT2D eigenvalue weighted by Gasteiger charge is -2.03. The maximum atomic E-state index is 12.2. The fourth-order valence-electron chi connectivity index (χ4n) is 2.04. The molecule has 0 bridgehead atoms. The van der Waals surface area contributed by atoms with Gasteiger partial charge in [-0.05, 0) is 55.2 Å². The van der Waals surface area contributed by atoms with Gasteiger partial charge in [0.05, 0.1) is 7.11 Å². The van der Waals surface area contributed by atoms with Crippen LogP contribution in [-0.4, -0.2) is 12.9 Å². The molecule has 0 spiro atoms. The van der Waals surface area contributed by atoms with E-state index in [0.29, 0.717) is 5.56 Å². The van der Waals surface area contributed by atoms with Crippen LogP contribution in [0.2, 0.25) is 0 Å². The van der Waals surface area contributed by atoms with Gasteiger partial charge in [0, 0.05) is 11.1 Å². The summed E-state index contributed by atoms with van der Waals surface area (Å²) in [5.41, 5.74) is 3.41. The van der Waals surface area contributed by atoms with Crippen LogP contribution < -0.4 is 4.74 Å². The Morgan fingerprint density at radius 2 is 1.60 bits per heavy atom. The average molecular weight is 264 g/mol. The summed E-state index contributed by atoms with van der Waals surface area (Å²) < 4.78 is 5.08. The van der Waals surface area contributed by atoms with Crippen molar-refractivity contribution in [1.29, 1.82) is 0 Å². The highest BCUT2D eigenvalue weighted by Crippen LogP contribution is 2.14. The van der Waals surface area contributed by atoms with E-state index >= 15 is 0 Å². The molecule has 2 aromatic rings. The number of rotatable bonds is 2. The van der Waals surface area contributed by atoms with Crippen LogP contribution in [0.25, 0.3) is 0 Å². The second-order valence-corrected chi connectivity index (χ2v) is 4.57. The Balaban J connectivity index is 2.26. The lowest BCUT2D eigenvalue weighted by Crippen LogP contribution is -2.01. The molecule has 0 saturated heterocycles. The van der Waals surface area contributed by atoms with Gasteiger partial charge in [-0.3, -0.25) is 4.79 Å². The Hall–Kier alpha value is -2.53. The highest BCUT2D eigenvalue weighted by molar-refractivity contribution is 6.11. The molecular formula is C18H16O2. The molecule has 0 aromatic heterocycles. The van der Waals surface area contributed by atoms with Crippen molar-refractivity contribution in [3.63, 3.8) is 0 Å². The van der Waals surface area contributed by atoms with Crippen molar-refractivity contribution >= 4 is 5.78 Å². The average Bonchev–Trinajstić information content (AvgIpc) is 2.45. The zero-order chi connectivity index (χ0) is 14.5. The van der Waals surface area contributed by atoms with E-state index in [9.17, 15) is 4.79 Å². The molecule has 0 unspecified atom stereocenters. The summed E-state index contributed by atoms with van der Waals surface area (Å²) in [6, 6.07) is 13.1. The molecule has 0 aliphatic rings. The largest absolute Gasteiger partial charge is 0.497 e. The van der Waals surface area contributed by atoms with E-state index < -0.39 is 0 Å². The molecule has 2 rings (SSSR count). The Labute approximate surface area is 119 Å². The van der Waals surface area contributed by atoms with Crippen LogP contribution in [0.15, 0.2) is 42.5 Å². The van der Waals surface area contributed by atoms with Gasteiger partial charge in [-0.25, -0.2) is 0 Å². The number of ether oxygens (including phenoxy) is 1. The van der Waals surface area contributed by atoms with Crippen molar-refractivity contribution < 1.29 is 9.53 Å². The molecular weight excluding hydrogens is 248 g/mol. The lowest BCUT2D eigenvalue weighted by atomic mass is 9.99. The van der Waals surface area contributed by atoms with E-state index in [1.54, 1.807) is 7.11 Å². The van der Waals surface area contributed by atoms with Crippen LogP contribution in [-0.2, 0) is 0 Å². The number of carbonyl (C=O) groups excluding carboxylic acids is 1. The zero-order valence-corrected chi connectivity index (χ0v) is 11.9. The summed E-state index contributed by atoms with van der Waals surface area (Å²) in [5, 5.41) is 0. The minimum Gasteiger partial charge on any atom is -0.497 e. The smallest absolute Gasteiger partial charge is 0.236 e. The molecule has 0 aliphatic carbocycles. The standard InChI is InChI=1S/C18H16O2/c1-13-5-4-6-14(2)18(13)17(19)12-9-15-7-10-16(20-3)11-8-15/h4-8,10-11H,1-3H3. The first-order valence-electron chi connectivity index (χ1n) is 6.38. The Kier molecular flexibility index (Phi) is 4.22. The second kappa shape index (κ2) is 6.08. The van der Waals surface area contributed by atoms with Crippen molar-refractivity contribution in [1.82, 2.24) is 0 Å². The fraction of sp³-hybridized carbons (Fsp3) is 0.167. The van der Waals surface area contributed by atoms with E-state index in [1.807, 2.05) is 56.3 Å². The number of carbonyl (C=O) groups is 1. The lowest BCUT2D eigenvalue weighted by molar-refractivity contribution is 0.105. The molecule has 2 heteroatoms. The number of benzene rings is 2.